The number of hydrogen-bond donors (Lipinski definition) is 1. The van der Waals surface area contributed by atoms with Gasteiger partial charge in [0.1, 0.15) is 6.04 Å². The van der Waals surface area contributed by atoms with E-state index in [9.17, 15) is 9.90 Å². The minimum absolute atomic E-state index is 0.265. The van der Waals surface area contributed by atoms with Crippen molar-refractivity contribution in [1.82, 2.24) is 15.0 Å². The third kappa shape index (κ3) is 3.56. The fraction of sp³-hybridized carbons (Fsp3) is 0.786. The van der Waals surface area contributed by atoms with Crippen LogP contribution in [0.25, 0.3) is 0 Å². The average molecular weight is 281 g/mol. The lowest BCUT2D eigenvalue weighted by atomic mass is 9.93. The Bertz CT molecular complexity index is 450. The minimum Gasteiger partial charge on any atom is -0.480 e. The highest BCUT2D eigenvalue weighted by Crippen LogP contribution is 2.28. The van der Waals surface area contributed by atoms with E-state index in [1.807, 2.05) is 6.92 Å². The molecule has 0 amide bonds. The Morgan fingerprint density at radius 1 is 1.45 bits per heavy atom. The van der Waals surface area contributed by atoms with E-state index in [0.29, 0.717) is 24.1 Å². The van der Waals surface area contributed by atoms with E-state index in [4.69, 9.17) is 4.52 Å². The summed E-state index contributed by atoms with van der Waals surface area (Å²) in [5, 5.41) is 13.2. The van der Waals surface area contributed by atoms with Crippen LogP contribution in [0.2, 0.25) is 0 Å². The zero-order valence-corrected chi connectivity index (χ0v) is 12.4. The van der Waals surface area contributed by atoms with Crippen molar-refractivity contribution in [3.05, 3.63) is 11.7 Å². The Labute approximate surface area is 119 Å². The van der Waals surface area contributed by atoms with Crippen molar-refractivity contribution in [2.75, 3.05) is 13.1 Å². The number of likely N-dealkylation sites (tertiary alicyclic amines) is 1. The van der Waals surface area contributed by atoms with E-state index in [1.165, 1.54) is 0 Å². The topological polar surface area (TPSA) is 79.5 Å². The van der Waals surface area contributed by atoms with Crippen LogP contribution in [0.5, 0.6) is 0 Å². The van der Waals surface area contributed by atoms with Crippen molar-refractivity contribution in [2.45, 2.75) is 52.0 Å². The zero-order chi connectivity index (χ0) is 14.7. The second-order valence-electron chi connectivity index (χ2n) is 5.97. The maximum Gasteiger partial charge on any atom is 0.320 e. The molecule has 1 fully saturated rings. The molecule has 1 N–H and O–H groups in total. The molecule has 2 heterocycles. The van der Waals surface area contributed by atoms with Crippen molar-refractivity contribution in [1.29, 1.82) is 0 Å². The second-order valence-corrected chi connectivity index (χ2v) is 5.97. The van der Waals surface area contributed by atoms with Crippen LogP contribution in [0.4, 0.5) is 0 Å². The SMILES string of the molecule is Cc1noc(C2CCN(C(CC(C)C)C(=O)O)CC2)n1. The van der Waals surface area contributed by atoms with Crippen molar-refractivity contribution >= 4 is 5.97 Å². The van der Waals surface area contributed by atoms with E-state index >= 15 is 0 Å². The predicted molar refractivity (Wildman–Crippen MR) is 73.5 cm³/mol. The standard InChI is InChI=1S/C14H23N3O3/c1-9(2)8-12(14(18)19)17-6-4-11(5-7-17)13-15-10(3)16-20-13/h9,11-12H,4-8H2,1-3H3,(H,18,19). The van der Waals surface area contributed by atoms with Crippen molar-refractivity contribution in [2.24, 2.45) is 5.92 Å². The molecule has 20 heavy (non-hydrogen) atoms. The number of carboxylic acid groups (broad SMARTS) is 1. The Hall–Kier alpha value is -1.43. The fourth-order valence-electron chi connectivity index (χ4n) is 2.79. The Kier molecular flexibility index (Phi) is 4.75. The molecule has 0 bridgehead atoms. The highest BCUT2D eigenvalue weighted by Gasteiger charge is 2.32. The lowest BCUT2D eigenvalue weighted by Crippen LogP contribution is -2.46. The van der Waals surface area contributed by atoms with E-state index in [0.717, 1.165) is 25.9 Å². The normalized spacial score (nSPS) is 19.4. The molecule has 0 radical (unpaired) electrons. The first-order chi connectivity index (χ1) is 9.47. The third-order valence-electron chi connectivity index (χ3n) is 3.84. The van der Waals surface area contributed by atoms with Crippen LogP contribution in [-0.4, -0.2) is 45.2 Å². The number of aromatic nitrogens is 2. The molecule has 2 rings (SSSR count). The molecule has 1 aromatic heterocycles. The molecule has 0 aromatic carbocycles. The van der Waals surface area contributed by atoms with Crippen molar-refractivity contribution in [3.8, 4) is 0 Å². The van der Waals surface area contributed by atoms with E-state index in [2.05, 4.69) is 28.9 Å². The highest BCUT2D eigenvalue weighted by atomic mass is 16.5. The smallest absolute Gasteiger partial charge is 0.320 e. The molecular formula is C14H23N3O3. The number of aryl methyl sites for hydroxylation is 1. The molecule has 1 aliphatic rings. The van der Waals surface area contributed by atoms with Gasteiger partial charge in [0.25, 0.3) is 0 Å². The van der Waals surface area contributed by atoms with Gasteiger partial charge in [-0.15, -0.1) is 0 Å². The molecule has 112 valence electrons. The third-order valence-corrected chi connectivity index (χ3v) is 3.84. The molecule has 1 atom stereocenters. The van der Waals surface area contributed by atoms with Crippen LogP contribution < -0.4 is 0 Å². The van der Waals surface area contributed by atoms with Gasteiger partial charge in [-0.2, -0.15) is 4.98 Å². The number of hydrogen-bond acceptors (Lipinski definition) is 5. The second kappa shape index (κ2) is 6.35. The monoisotopic (exact) mass is 281 g/mol. The minimum atomic E-state index is -0.717. The summed E-state index contributed by atoms with van der Waals surface area (Å²) in [6.45, 7) is 7.48. The lowest BCUT2D eigenvalue weighted by molar-refractivity contribution is -0.144. The highest BCUT2D eigenvalue weighted by molar-refractivity contribution is 5.73. The van der Waals surface area contributed by atoms with Gasteiger partial charge in [0.2, 0.25) is 5.89 Å². The number of nitrogens with zero attached hydrogens (tertiary/aromatic N) is 3. The van der Waals surface area contributed by atoms with Crippen LogP contribution in [0.3, 0.4) is 0 Å². The summed E-state index contributed by atoms with van der Waals surface area (Å²) in [6, 6.07) is -0.375. The van der Waals surface area contributed by atoms with Crippen LogP contribution in [-0.2, 0) is 4.79 Å². The van der Waals surface area contributed by atoms with Gasteiger partial charge in [0, 0.05) is 5.92 Å². The molecule has 6 heteroatoms. The quantitative estimate of drug-likeness (QED) is 0.890. The molecule has 1 saturated heterocycles. The molecule has 1 aromatic rings. The van der Waals surface area contributed by atoms with Crippen molar-refractivity contribution < 1.29 is 14.4 Å². The summed E-state index contributed by atoms with van der Waals surface area (Å²) in [5.41, 5.74) is 0. The Morgan fingerprint density at radius 2 is 2.10 bits per heavy atom. The Morgan fingerprint density at radius 3 is 2.55 bits per heavy atom. The number of aliphatic carboxylic acids is 1. The molecule has 0 aliphatic carbocycles. The number of rotatable bonds is 5. The van der Waals surface area contributed by atoms with Gasteiger partial charge in [-0.1, -0.05) is 19.0 Å². The van der Waals surface area contributed by atoms with Gasteiger partial charge in [-0.05, 0) is 45.2 Å². The zero-order valence-electron chi connectivity index (χ0n) is 12.4. The lowest BCUT2D eigenvalue weighted by Gasteiger charge is -2.35. The first kappa shape index (κ1) is 15.0. The summed E-state index contributed by atoms with van der Waals surface area (Å²) in [6.07, 6.45) is 2.45. The van der Waals surface area contributed by atoms with Crippen LogP contribution >= 0.6 is 0 Å². The average Bonchev–Trinajstić information content (AvgIpc) is 2.82. The summed E-state index contributed by atoms with van der Waals surface area (Å²) >= 11 is 0. The van der Waals surface area contributed by atoms with Gasteiger partial charge < -0.3 is 9.63 Å². The van der Waals surface area contributed by atoms with Gasteiger partial charge in [-0.3, -0.25) is 9.69 Å². The summed E-state index contributed by atoms with van der Waals surface area (Å²) in [4.78, 5) is 17.8. The summed E-state index contributed by atoms with van der Waals surface area (Å²) in [5.74, 6) is 1.28. The molecular weight excluding hydrogens is 258 g/mol. The molecule has 6 nitrogen and oxygen atoms in total. The summed E-state index contributed by atoms with van der Waals surface area (Å²) in [7, 11) is 0. The van der Waals surface area contributed by atoms with Crippen molar-refractivity contribution in [3.63, 3.8) is 0 Å². The van der Waals surface area contributed by atoms with E-state index in [1.54, 1.807) is 0 Å². The number of carboxylic acids is 1. The largest absolute Gasteiger partial charge is 0.480 e. The fourth-order valence-corrected chi connectivity index (χ4v) is 2.79. The maximum absolute atomic E-state index is 11.4. The summed E-state index contributed by atoms with van der Waals surface area (Å²) < 4.78 is 5.22. The first-order valence-corrected chi connectivity index (χ1v) is 7.24. The van der Waals surface area contributed by atoms with Gasteiger partial charge in [-0.25, -0.2) is 0 Å². The Balaban J connectivity index is 1.94. The van der Waals surface area contributed by atoms with Gasteiger partial charge >= 0.3 is 5.97 Å². The predicted octanol–water partition coefficient (Wildman–Crippen LogP) is 2.06. The molecule has 1 unspecified atom stereocenters. The first-order valence-electron chi connectivity index (χ1n) is 7.24. The van der Waals surface area contributed by atoms with Crippen LogP contribution in [0.15, 0.2) is 4.52 Å². The van der Waals surface area contributed by atoms with E-state index in [-0.39, 0.29) is 12.0 Å². The molecule has 0 saturated carbocycles. The number of carbonyl (C=O) groups is 1. The number of piperidine rings is 1. The maximum atomic E-state index is 11.4. The van der Waals surface area contributed by atoms with Gasteiger partial charge in [0.15, 0.2) is 5.82 Å². The van der Waals surface area contributed by atoms with Crippen LogP contribution in [0.1, 0.15) is 50.7 Å². The van der Waals surface area contributed by atoms with E-state index < -0.39 is 5.97 Å². The molecule has 1 aliphatic heterocycles. The van der Waals surface area contributed by atoms with Crippen LogP contribution in [0, 0.1) is 12.8 Å². The van der Waals surface area contributed by atoms with Gasteiger partial charge in [0.05, 0.1) is 0 Å². The molecule has 0 spiro atoms.